The lowest BCUT2D eigenvalue weighted by atomic mass is 9.71. The lowest BCUT2D eigenvalue weighted by Gasteiger charge is -2.49. The van der Waals surface area contributed by atoms with E-state index in [1.54, 1.807) is 12.7 Å². The number of likely N-dealkylation sites (tertiary alicyclic amines) is 2. The molecule has 0 aliphatic carbocycles. The first kappa shape index (κ1) is 20.0. The molecule has 2 aromatic rings. The van der Waals surface area contributed by atoms with E-state index in [-0.39, 0.29) is 11.3 Å². The number of aliphatic hydroxyl groups excluding tert-OH is 1. The van der Waals surface area contributed by atoms with Gasteiger partial charge in [0.2, 0.25) is 5.91 Å². The second kappa shape index (κ2) is 9.05. The number of aromatic nitrogens is 3. The van der Waals surface area contributed by atoms with Gasteiger partial charge in [0.05, 0.1) is 6.10 Å². The van der Waals surface area contributed by atoms with Crippen LogP contribution in [0, 0.1) is 5.41 Å². The van der Waals surface area contributed by atoms with Crippen LogP contribution in [0.3, 0.4) is 0 Å². The van der Waals surface area contributed by atoms with Crippen molar-refractivity contribution in [3.05, 3.63) is 48.5 Å². The maximum Gasteiger partial charge on any atom is 0.224 e. The van der Waals surface area contributed by atoms with Crippen molar-refractivity contribution < 1.29 is 9.90 Å². The minimum Gasteiger partial charge on any atom is -0.391 e. The van der Waals surface area contributed by atoms with Crippen molar-refractivity contribution in [2.24, 2.45) is 5.41 Å². The molecule has 0 bridgehead atoms. The van der Waals surface area contributed by atoms with Gasteiger partial charge in [0, 0.05) is 32.6 Å². The molecular formula is C22H31N5O2. The highest BCUT2D eigenvalue weighted by molar-refractivity contribution is 5.76. The van der Waals surface area contributed by atoms with E-state index in [1.165, 1.54) is 5.56 Å². The Labute approximate surface area is 172 Å². The van der Waals surface area contributed by atoms with Gasteiger partial charge >= 0.3 is 0 Å². The highest BCUT2D eigenvalue weighted by Crippen LogP contribution is 2.40. The molecule has 1 spiro atoms. The predicted molar refractivity (Wildman–Crippen MR) is 110 cm³/mol. The molecule has 2 aliphatic heterocycles. The maximum absolute atomic E-state index is 12.7. The first-order chi connectivity index (χ1) is 14.1. The number of rotatable bonds is 6. The molecule has 156 valence electrons. The Morgan fingerprint density at radius 3 is 2.55 bits per heavy atom. The fraction of sp³-hybridized carbons (Fsp3) is 0.591. The van der Waals surface area contributed by atoms with Gasteiger partial charge in [0.15, 0.2) is 0 Å². The van der Waals surface area contributed by atoms with Crippen molar-refractivity contribution in [3.8, 4) is 0 Å². The van der Waals surface area contributed by atoms with Gasteiger partial charge in [0.1, 0.15) is 12.7 Å². The molecule has 1 aromatic carbocycles. The molecule has 1 atom stereocenters. The van der Waals surface area contributed by atoms with E-state index in [4.69, 9.17) is 0 Å². The van der Waals surface area contributed by atoms with E-state index in [0.717, 1.165) is 51.9 Å². The van der Waals surface area contributed by atoms with Crippen molar-refractivity contribution >= 4 is 5.91 Å². The van der Waals surface area contributed by atoms with Crippen LogP contribution in [-0.4, -0.2) is 74.4 Å². The van der Waals surface area contributed by atoms with Gasteiger partial charge in [-0.05, 0) is 49.8 Å². The zero-order valence-electron chi connectivity index (χ0n) is 17.0. The zero-order valence-corrected chi connectivity index (χ0v) is 17.0. The molecule has 1 amide bonds. The molecule has 7 heteroatoms. The number of aliphatic hydroxyl groups is 1. The Morgan fingerprint density at radius 2 is 1.83 bits per heavy atom. The van der Waals surface area contributed by atoms with Crippen molar-refractivity contribution in [2.45, 2.75) is 44.8 Å². The van der Waals surface area contributed by atoms with Gasteiger partial charge in [-0.15, -0.1) is 10.2 Å². The topological polar surface area (TPSA) is 74.5 Å². The summed E-state index contributed by atoms with van der Waals surface area (Å²) in [7, 11) is 0. The standard InChI is InChI=1S/C22H31N5O2/c28-20-14-22(16-27(15-20)21(29)7-11-26-17-23-24-18-26)8-12-25(13-9-22)10-6-19-4-2-1-3-5-19/h1-5,17-18,20,28H,6-16H2. The van der Waals surface area contributed by atoms with Crippen LogP contribution < -0.4 is 0 Å². The van der Waals surface area contributed by atoms with Gasteiger partial charge in [-0.2, -0.15) is 0 Å². The third kappa shape index (κ3) is 5.22. The number of piperidine rings is 2. The number of hydrogen-bond donors (Lipinski definition) is 1. The SMILES string of the molecule is O=C(CCn1cnnc1)N1CC(O)CC2(CCN(CCc3ccccc3)CC2)C1. The van der Waals surface area contributed by atoms with Crippen LogP contribution in [0.15, 0.2) is 43.0 Å². The number of hydrogen-bond acceptors (Lipinski definition) is 5. The smallest absolute Gasteiger partial charge is 0.224 e. The van der Waals surface area contributed by atoms with E-state index >= 15 is 0 Å². The zero-order chi connectivity index (χ0) is 20.1. The Balaban J connectivity index is 1.28. The number of amides is 1. The summed E-state index contributed by atoms with van der Waals surface area (Å²) in [4.78, 5) is 17.2. The number of carbonyl (C=O) groups excluding carboxylic acids is 1. The van der Waals surface area contributed by atoms with Crippen LogP contribution in [0.2, 0.25) is 0 Å². The van der Waals surface area contributed by atoms with Crippen LogP contribution in [0.5, 0.6) is 0 Å². The van der Waals surface area contributed by atoms with E-state index in [2.05, 4.69) is 45.4 Å². The fourth-order valence-corrected chi connectivity index (χ4v) is 4.81. The molecular weight excluding hydrogens is 366 g/mol. The highest BCUT2D eigenvalue weighted by atomic mass is 16.3. The van der Waals surface area contributed by atoms with E-state index in [0.29, 0.717) is 19.5 Å². The van der Waals surface area contributed by atoms with Crippen LogP contribution in [-0.2, 0) is 17.8 Å². The fourth-order valence-electron chi connectivity index (χ4n) is 4.81. The van der Waals surface area contributed by atoms with Crippen LogP contribution in [0.1, 0.15) is 31.2 Å². The third-order valence-corrected chi connectivity index (χ3v) is 6.51. The summed E-state index contributed by atoms with van der Waals surface area (Å²) in [5.41, 5.74) is 1.44. The maximum atomic E-state index is 12.7. The van der Waals surface area contributed by atoms with Crippen molar-refractivity contribution in [1.29, 1.82) is 0 Å². The normalized spacial score (nSPS) is 22.1. The minimum absolute atomic E-state index is 0.0626. The monoisotopic (exact) mass is 397 g/mol. The van der Waals surface area contributed by atoms with Crippen LogP contribution in [0.25, 0.3) is 0 Å². The molecule has 29 heavy (non-hydrogen) atoms. The molecule has 1 aromatic heterocycles. The molecule has 4 rings (SSSR count). The van der Waals surface area contributed by atoms with Gasteiger partial charge in [-0.3, -0.25) is 4.79 Å². The molecule has 1 N–H and O–H groups in total. The second-order valence-corrected chi connectivity index (χ2v) is 8.66. The van der Waals surface area contributed by atoms with Crippen molar-refractivity contribution in [1.82, 2.24) is 24.6 Å². The molecule has 0 saturated carbocycles. The lowest BCUT2D eigenvalue weighted by molar-refractivity contribution is -0.140. The summed E-state index contributed by atoms with van der Waals surface area (Å²) in [5.74, 6) is 0.114. The highest BCUT2D eigenvalue weighted by Gasteiger charge is 2.42. The summed E-state index contributed by atoms with van der Waals surface area (Å²) in [5, 5.41) is 18.0. The number of nitrogens with zero attached hydrogens (tertiary/aromatic N) is 5. The van der Waals surface area contributed by atoms with Gasteiger partial charge < -0.3 is 19.5 Å². The number of carbonyl (C=O) groups is 1. The van der Waals surface area contributed by atoms with Crippen molar-refractivity contribution in [3.63, 3.8) is 0 Å². The Kier molecular flexibility index (Phi) is 6.25. The quantitative estimate of drug-likeness (QED) is 0.801. The molecule has 2 aliphatic rings. The number of benzene rings is 1. The van der Waals surface area contributed by atoms with Gasteiger partial charge in [-0.1, -0.05) is 30.3 Å². The number of aryl methyl sites for hydroxylation is 1. The molecule has 7 nitrogen and oxygen atoms in total. The average molecular weight is 398 g/mol. The van der Waals surface area contributed by atoms with E-state index < -0.39 is 6.10 Å². The summed E-state index contributed by atoms with van der Waals surface area (Å²) in [6, 6.07) is 10.6. The third-order valence-electron chi connectivity index (χ3n) is 6.51. The molecule has 1 unspecified atom stereocenters. The second-order valence-electron chi connectivity index (χ2n) is 8.66. The summed E-state index contributed by atoms with van der Waals surface area (Å²) in [6.07, 6.45) is 7.25. The van der Waals surface area contributed by atoms with E-state index in [1.807, 2.05) is 9.47 Å². The Hall–Kier alpha value is -2.25. The molecule has 2 fully saturated rings. The van der Waals surface area contributed by atoms with Crippen LogP contribution >= 0.6 is 0 Å². The summed E-state index contributed by atoms with van der Waals surface area (Å²) in [6.45, 7) is 4.98. The minimum atomic E-state index is -0.418. The molecule has 2 saturated heterocycles. The summed E-state index contributed by atoms with van der Waals surface area (Å²) < 4.78 is 1.82. The first-order valence-electron chi connectivity index (χ1n) is 10.7. The molecule has 0 radical (unpaired) electrons. The van der Waals surface area contributed by atoms with Crippen molar-refractivity contribution in [2.75, 3.05) is 32.7 Å². The Morgan fingerprint density at radius 1 is 1.10 bits per heavy atom. The molecule has 3 heterocycles. The number of β-amino-alcohol motifs (C(OH)–C–C–N with tert-alkyl or cyclic N) is 1. The summed E-state index contributed by atoms with van der Waals surface area (Å²) >= 11 is 0. The van der Waals surface area contributed by atoms with E-state index in [9.17, 15) is 9.90 Å². The Bertz CT molecular complexity index is 772. The van der Waals surface area contributed by atoms with Gasteiger partial charge in [-0.25, -0.2) is 0 Å². The lowest BCUT2D eigenvalue weighted by Crippen LogP contribution is -2.55. The predicted octanol–water partition coefficient (Wildman–Crippen LogP) is 1.59. The van der Waals surface area contributed by atoms with Crippen LogP contribution in [0.4, 0.5) is 0 Å². The first-order valence-corrected chi connectivity index (χ1v) is 10.7. The average Bonchev–Trinajstić information content (AvgIpc) is 3.26. The largest absolute Gasteiger partial charge is 0.391 e. The van der Waals surface area contributed by atoms with Gasteiger partial charge in [0.25, 0.3) is 0 Å².